The fourth-order valence-electron chi connectivity index (χ4n) is 4.72. The van der Waals surface area contributed by atoms with E-state index in [0.29, 0.717) is 41.5 Å². The molecule has 1 saturated carbocycles. The molecular weight excluding hydrogens is 474 g/mol. The Kier molecular flexibility index (Phi) is 8.58. The van der Waals surface area contributed by atoms with E-state index in [-0.39, 0.29) is 17.9 Å². The third kappa shape index (κ3) is 6.16. The maximum atomic E-state index is 12.8. The second-order valence-electron chi connectivity index (χ2n) is 9.27. The minimum absolute atomic E-state index is 0.192. The summed E-state index contributed by atoms with van der Waals surface area (Å²) in [5.74, 6) is 2.73. The number of thiazole rings is 1. The number of rotatable bonds is 7. The Morgan fingerprint density at radius 1 is 1.32 bits per heavy atom. The molecule has 2 aliphatic heterocycles. The van der Waals surface area contributed by atoms with Crippen molar-refractivity contribution in [2.24, 2.45) is 17.6 Å². The van der Waals surface area contributed by atoms with Crippen molar-refractivity contribution >= 4 is 39.9 Å². The van der Waals surface area contributed by atoms with Gasteiger partial charge in [0.25, 0.3) is 0 Å². The van der Waals surface area contributed by atoms with Gasteiger partial charge < -0.3 is 20.7 Å². The van der Waals surface area contributed by atoms with Gasteiger partial charge in [-0.05, 0) is 36.8 Å². The molecule has 2 atom stereocenters. The molecular formula is C24H32ClN5O3S. The lowest BCUT2D eigenvalue weighted by Crippen LogP contribution is -2.43. The molecule has 1 saturated heterocycles. The summed E-state index contributed by atoms with van der Waals surface area (Å²) in [5.41, 5.74) is 6.70. The van der Waals surface area contributed by atoms with Crippen molar-refractivity contribution in [2.45, 2.75) is 44.7 Å². The third-order valence-electron chi connectivity index (χ3n) is 6.87. The zero-order chi connectivity index (χ0) is 24.1. The van der Waals surface area contributed by atoms with E-state index in [1.807, 2.05) is 10.8 Å². The molecule has 0 bridgehead atoms. The van der Waals surface area contributed by atoms with Gasteiger partial charge in [-0.25, -0.2) is 9.78 Å². The smallest absolute Gasteiger partial charge is 0.243 e. The fraction of sp³-hybridized carbons (Fsp3) is 0.583. The topological polar surface area (TPSA) is 101 Å². The van der Waals surface area contributed by atoms with Crippen molar-refractivity contribution in [3.05, 3.63) is 40.2 Å². The molecule has 0 radical (unpaired) electrons. The number of hydrogen-bond donors (Lipinski definition) is 2. The number of carbonyl (C=O) groups excluding carboxylic acids is 2. The highest BCUT2D eigenvalue weighted by atomic mass is 35.5. The Bertz CT molecular complexity index is 975. The second-order valence-corrected chi connectivity index (χ2v) is 10.8. The normalized spacial score (nSPS) is 25.4. The van der Waals surface area contributed by atoms with E-state index in [2.05, 4.69) is 22.1 Å². The summed E-state index contributed by atoms with van der Waals surface area (Å²) in [5, 5.41) is 3.95. The lowest BCUT2D eigenvalue weighted by atomic mass is 9.79. The van der Waals surface area contributed by atoms with Crippen molar-refractivity contribution in [3.63, 3.8) is 0 Å². The predicted octanol–water partition coefficient (Wildman–Crippen LogP) is 3.28. The number of ether oxygens (including phenoxy) is 1. The van der Waals surface area contributed by atoms with Crippen LogP contribution in [0.4, 0.5) is 5.13 Å². The summed E-state index contributed by atoms with van der Waals surface area (Å²) in [6.07, 6.45) is 11.0. The van der Waals surface area contributed by atoms with Crippen LogP contribution >= 0.6 is 22.9 Å². The van der Waals surface area contributed by atoms with E-state index in [4.69, 9.17) is 22.1 Å². The highest BCUT2D eigenvalue weighted by Crippen LogP contribution is 2.35. The quantitative estimate of drug-likeness (QED) is 0.548. The van der Waals surface area contributed by atoms with Gasteiger partial charge in [0.15, 0.2) is 11.1 Å². The molecule has 3 aliphatic rings. The second kappa shape index (κ2) is 11.6. The number of halogens is 1. The van der Waals surface area contributed by atoms with Gasteiger partial charge in [0.1, 0.15) is 5.70 Å². The molecule has 0 aromatic carbocycles. The molecule has 3 N–H and O–H groups in total. The van der Waals surface area contributed by atoms with E-state index < -0.39 is 6.04 Å². The zero-order valence-electron chi connectivity index (χ0n) is 19.4. The van der Waals surface area contributed by atoms with Crippen molar-refractivity contribution in [2.75, 3.05) is 38.2 Å². The number of allylic oxidation sites excluding steroid dienone is 3. The number of nitrogens with one attached hydrogen (secondary N) is 1. The highest BCUT2D eigenvalue weighted by molar-refractivity contribution is 7.15. The molecule has 1 amide bonds. The summed E-state index contributed by atoms with van der Waals surface area (Å²) in [4.78, 5) is 34.0. The monoisotopic (exact) mass is 505 g/mol. The van der Waals surface area contributed by atoms with Crippen LogP contribution in [0.2, 0.25) is 0 Å². The Morgan fingerprint density at radius 2 is 2.06 bits per heavy atom. The van der Waals surface area contributed by atoms with Gasteiger partial charge in [0, 0.05) is 32.0 Å². The molecule has 3 heterocycles. The number of anilines is 1. The molecule has 34 heavy (non-hydrogen) atoms. The lowest BCUT2D eigenvalue weighted by Gasteiger charge is -2.36. The van der Waals surface area contributed by atoms with Crippen LogP contribution in [0.15, 0.2) is 35.3 Å². The molecule has 1 aromatic heterocycles. The van der Waals surface area contributed by atoms with Crippen LogP contribution in [0, 0.1) is 11.8 Å². The zero-order valence-corrected chi connectivity index (χ0v) is 21.0. The molecule has 4 rings (SSSR count). The Labute approximate surface area is 209 Å². The van der Waals surface area contributed by atoms with Gasteiger partial charge in [-0.15, -0.1) is 0 Å². The van der Waals surface area contributed by atoms with Gasteiger partial charge in [0.05, 0.1) is 35.2 Å². The first-order valence-electron chi connectivity index (χ1n) is 11.9. The average Bonchev–Trinajstić information content (AvgIpc) is 3.31. The number of amides is 1. The van der Waals surface area contributed by atoms with Gasteiger partial charge in [-0.1, -0.05) is 42.7 Å². The first-order chi connectivity index (χ1) is 16.4. The van der Waals surface area contributed by atoms with Crippen molar-refractivity contribution < 1.29 is 14.3 Å². The predicted molar refractivity (Wildman–Crippen MR) is 134 cm³/mol. The van der Waals surface area contributed by atoms with Crippen molar-refractivity contribution in [1.29, 1.82) is 0 Å². The molecule has 184 valence electrons. The van der Waals surface area contributed by atoms with Crippen LogP contribution < -0.4 is 11.1 Å². The standard InChI is InChI=1S/C24H32ClN5O3S/c1-16-2-4-17(5-3-16)22(26)23(32)28-24-27-12-21(34-24)20(14-29-8-10-33-11-9-29)30-13-18(25)6-7-19(30)15-31/h6-7,12-13,16-17,20,22H,2-5,8-11,14,26H2,1H3,(H,27,28,32)/t16?,17?,20-,22+/m1/s1. The molecule has 10 heteroatoms. The third-order valence-corrected chi connectivity index (χ3v) is 8.11. The summed E-state index contributed by atoms with van der Waals surface area (Å²) in [6, 6.07) is -0.757. The number of hydrogen-bond acceptors (Lipinski definition) is 8. The number of nitrogens with two attached hydrogens (primary N) is 1. The highest BCUT2D eigenvalue weighted by Gasteiger charge is 2.31. The van der Waals surface area contributed by atoms with Crippen molar-refractivity contribution in [1.82, 2.24) is 14.8 Å². The molecule has 0 unspecified atom stereocenters. The molecule has 8 nitrogen and oxygen atoms in total. The summed E-state index contributed by atoms with van der Waals surface area (Å²) < 4.78 is 5.48. The maximum absolute atomic E-state index is 12.8. The van der Waals surface area contributed by atoms with Gasteiger partial charge >= 0.3 is 0 Å². The largest absolute Gasteiger partial charge is 0.379 e. The minimum atomic E-state index is -0.539. The first-order valence-corrected chi connectivity index (χ1v) is 13.0. The fourth-order valence-corrected chi connectivity index (χ4v) is 5.80. The summed E-state index contributed by atoms with van der Waals surface area (Å²) in [6.45, 7) is 5.84. The minimum Gasteiger partial charge on any atom is -0.379 e. The number of aromatic nitrogens is 1. The van der Waals surface area contributed by atoms with E-state index in [1.54, 1.807) is 24.5 Å². The van der Waals surface area contributed by atoms with Gasteiger partial charge in [0.2, 0.25) is 5.91 Å². The molecule has 2 fully saturated rings. The lowest BCUT2D eigenvalue weighted by molar-refractivity contribution is -0.118. The maximum Gasteiger partial charge on any atom is 0.243 e. The van der Waals surface area contributed by atoms with Crippen LogP contribution in [0.3, 0.4) is 0 Å². The number of nitrogens with zero attached hydrogens (tertiary/aromatic N) is 3. The van der Waals surface area contributed by atoms with E-state index in [1.165, 1.54) is 11.3 Å². The summed E-state index contributed by atoms with van der Waals surface area (Å²) >= 11 is 7.66. The molecule has 0 spiro atoms. The van der Waals surface area contributed by atoms with Crippen LogP contribution in [0.5, 0.6) is 0 Å². The van der Waals surface area contributed by atoms with Crippen molar-refractivity contribution in [3.8, 4) is 0 Å². The average molecular weight is 506 g/mol. The molecule has 1 aromatic rings. The SMILES string of the molecule is CC1CCC([C@H](N)C(=O)Nc2ncc([C@@H](CN3CCOCC3)N3C=C(Cl)C=CC3=C=O)s2)CC1. The Morgan fingerprint density at radius 3 is 2.76 bits per heavy atom. The van der Waals surface area contributed by atoms with E-state index in [9.17, 15) is 9.59 Å². The van der Waals surface area contributed by atoms with Gasteiger partial charge in [-0.3, -0.25) is 9.69 Å². The van der Waals surface area contributed by atoms with Crippen LogP contribution in [-0.4, -0.2) is 65.5 Å². The van der Waals surface area contributed by atoms with Crippen LogP contribution in [-0.2, 0) is 14.3 Å². The van der Waals surface area contributed by atoms with E-state index >= 15 is 0 Å². The first kappa shape index (κ1) is 25.1. The van der Waals surface area contributed by atoms with Gasteiger partial charge in [-0.2, -0.15) is 0 Å². The molecule has 1 aliphatic carbocycles. The number of morpholine rings is 1. The van der Waals surface area contributed by atoms with Crippen LogP contribution in [0.25, 0.3) is 0 Å². The van der Waals surface area contributed by atoms with Crippen LogP contribution in [0.1, 0.15) is 43.5 Å². The summed E-state index contributed by atoms with van der Waals surface area (Å²) in [7, 11) is 0. The van der Waals surface area contributed by atoms with E-state index in [0.717, 1.165) is 43.6 Å². The Hall–Kier alpha value is -2.00. The number of carbonyl (C=O) groups is 1. The Balaban J connectivity index is 1.50.